The summed E-state index contributed by atoms with van der Waals surface area (Å²) in [5.74, 6) is 0.447. The van der Waals surface area contributed by atoms with Crippen LogP contribution in [0.25, 0.3) is 22.5 Å². The molecule has 0 bridgehead atoms. The summed E-state index contributed by atoms with van der Waals surface area (Å²) in [4.78, 5) is 42.0. The van der Waals surface area contributed by atoms with E-state index in [9.17, 15) is 9.59 Å². The summed E-state index contributed by atoms with van der Waals surface area (Å²) in [6, 6.07) is 21.5. The first kappa shape index (κ1) is 22.3. The summed E-state index contributed by atoms with van der Waals surface area (Å²) in [6.45, 7) is 1.28. The second kappa shape index (κ2) is 9.46. The molecular weight excluding hydrogens is 448 g/mol. The molecule has 3 heterocycles. The molecule has 178 valence electrons. The van der Waals surface area contributed by atoms with Crippen LogP contribution in [0.15, 0.2) is 85.3 Å². The summed E-state index contributed by atoms with van der Waals surface area (Å²) in [7, 11) is 0. The first-order chi connectivity index (χ1) is 17.7. The highest BCUT2D eigenvalue weighted by atomic mass is 16.2. The van der Waals surface area contributed by atoms with Crippen LogP contribution in [0.3, 0.4) is 0 Å². The van der Waals surface area contributed by atoms with Crippen LogP contribution in [0.1, 0.15) is 52.7 Å². The van der Waals surface area contributed by atoms with Gasteiger partial charge in [0, 0.05) is 60.7 Å². The van der Waals surface area contributed by atoms with Crippen LogP contribution in [0.5, 0.6) is 0 Å². The zero-order valence-corrected chi connectivity index (χ0v) is 19.9. The van der Waals surface area contributed by atoms with Gasteiger partial charge in [0.05, 0.1) is 11.6 Å². The number of nitrogens with zero attached hydrogens (tertiary/aromatic N) is 4. The molecule has 2 aliphatic rings. The van der Waals surface area contributed by atoms with Gasteiger partial charge >= 0.3 is 0 Å². The van der Waals surface area contributed by atoms with Gasteiger partial charge in [0.2, 0.25) is 5.91 Å². The Balaban J connectivity index is 1.34. The van der Waals surface area contributed by atoms with E-state index in [0.29, 0.717) is 24.5 Å². The first-order valence-electron chi connectivity index (χ1n) is 12.4. The number of piperidine rings is 1. The summed E-state index contributed by atoms with van der Waals surface area (Å²) in [6.07, 6.45) is 7.48. The van der Waals surface area contributed by atoms with E-state index in [0.717, 1.165) is 40.8 Å². The summed E-state index contributed by atoms with van der Waals surface area (Å²) in [5.41, 5.74) is 5.48. The second-order valence-electron chi connectivity index (χ2n) is 9.48. The molecule has 1 amide bonds. The Bertz CT molecular complexity index is 1420. The van der Waals surface area contributed by atoms with Crippen LogP contribution in [0, 0.1) is 0 Å². The number of carbonyl (C=O) groups is 2. The number of amides is 1. The number of benzene rings is 2. The van der Waals surface area contributed by atoms with Crippen molar-refractivity contribution in [2.75, 3.05) is 13.1 Å². The van der Waals surface area contributed by atoms with Crippen molar-refractivity contribution in [2.24, 2.45) is 0 Å². The average molecular weight is 475 g/mol. The van der Waals surface area contributed by atoms with Crippen molar-refractivity contribution in [1.29, 1.82) is 0 Å². The molecule has 2 aromatic carbocycles. The molecule has 1 saturated heterocycles. The summed E-state index contributed by atoms with van der Waals surface area (Å²) >= 11 is 0. The topological polar surface area (TPSA) is 76.1 Å². The number of pyridine rings is 1. The standard InChI is InChI=1S/C30H26N4O2/c35-27-17-25(23-10-4-5-11-24(23)27)30(36)34-16-6-9-22(19-34)28-26(20-7-2-1-3-8-20)18-32-29(33-28)21-12-14-31-15-13-21/h1-5,7-8,10-15,18,22,25H,6,9,16-17,19H2. The van der Waals surface area contributed by atoms with E-state index in [2.05, 4.69) is 22.1 Å². The Morgan fingerprint density at radius 3 is 2.50 bits per heavy atom. The van der Waals surface area contributed by atoms with Crippen LogP contribution >= 0.6 is 0 Å². The number of carbonyl (C=O) groups excluding carboxylic acids is 2. The number of hydrogen-bond acceptors (Lipinski definition) is 5. The van der Waals surface area contributed by atoms with Crippen LogP contribution in [0.4, 0.5) is 0 Å². The van der Waals surface area contributed by atoms with Crippen molar-refractivity contribution < 1.29 is 9.59 Å². The number of fused-ring (bicyclic) bond motifs is 1. The van der Waals surface area contributed by atoms with Crippen molar-refractivity contribution in [2.45, 2.75) is 31.1 Å². The number of Topliss-reactive ketones (excluding diaryl/α,β-unsaturated/α-hetero) is 1. The van der Waals surface area contributed by atoms with Crippen molar-refractivity contribution in [3.05, 3.63) is 102 Å². The highest BCUT2D eigenvalue weighted by Crippen LogP contribution is 2.38. The highest BCUT2D eigenvalue weighted by molar-refractivity contribution is 6.06. The molecule has 1 aliphatic carbocycles. The minimum absolute atomic E-state index is 0.0441. The van der Waals surface area contributed by atoms with Gasteiger partial charge in [0.1, 0.15) is 0 Å². The summed E-state index contributed by atoms with van der Waals surface area (Å²) < 4.78 is 0. The van der Waals surface area contributed by atoms with Gasteiger partial charge in [-0.2, -0.15) is 0 Å². The lowest BCUT2D eigenvalue weighted by Crippen LogP contribution is -2.41. The first-order valence-corrected chi connectivity index (χ1v) is 12.4. The molecule has 6 heteroatoms. The fourth-order valence-electron chi connectivity index (χ4n) is 5.49. The monoisotopic (exact) mass is 474 g/mol. The fourth-order valence-corrected chi connectivity index (χ4v) is 5.49. The normalized spacial score (nSPS) is 19.2. The van der Waals surface area contributed by atoms with Gasteiger partial charge in [-0.25, -0.2) is 9.97 Å². The minimum Gasteiger partial charge on any atom is -0.341 e. The maximum atomic E-state index is 13.7. The lowest BCUT2D eigenvalue weighted by atomic mass is 9.88. The van der Waals surface area contributed by atoms with Crippen LogP contribution in [0.2, 0.25) is 0 Å². The third kappa shape index (κ3) is 4.09. The zero-order valence-electron chi connectivity index (χ0n) is 19.9. The van der Waals surface area contributed by atoms with Crippen molar-refractivity contribution in [3.8, 4) is 22.5 Å². The SMILES string of the molecule is O=C1CC(C(=O)N2CCCC(c3nc(-c4ccncc4)ncc3-c3ccccc3)C2)c2ccccc21. The Hall–Kier alpha value is -4.19. The molecular formula is C30H26N4O2. The van der Waals surface area contributed by atoms with E-state index in [4.69, 9.17) is 4.98 Å². The largest absolute Gasteiger partial charge is 0.341 e. The van der Waals surface area contributed by atoms with E-state index in [1.54, 1.807) is 12.4 Å². The van der Waals surface area contributed by atoms with Gasteiger partial charge in [-0.05, 0) is 36.1 Å². The van der Waals surface area contributed by atoms with Gasteiger partial charge < -0.3 is 4.90 Å². The summed E-state index contributed by atoms with van der Waals surface area (Å²) in [5, 5.41) is 0. The van der Waals surface area contributed by atoms with E-state index in [1.807, 2.05) is 65.7 Å². The molecule has 2 unspecified atom stereocenters. The molecule has 4 aromatic rings. The third-order valence-electron chi connectivity index (χ3n) is 7.29. The van der Waals surface area contributed by atoms with Crippen molar-refractivity contribution in [3.63, 3.8) is 0 Å². The third-order valence-corrected chi connectivity index (χ3v) is 7.29. The Morgan fingerprint density at radius 1 is 0.889 bits per heavy atom. The number of hydrogen-bond donors (Lipinski definition) is 0. The van der Waals surface area contributed by atoms with E-state index in [1.165, 1.54) is 0 Å². The Kier molecular flexibility index (Phi) is 5.85. The molecule has 0 spiro atoms. The molecule has 0 N–H and O–H groups in total. The van der Waals surface area contributed by atoms with Gasteiger partial charge in [-0.15, -0.1) is 0 Å². The maximum absolute atomic E-state index is 13.7. The molecule has 1 fully saturated rings. The smallest absolute Gasteiger partial charge is 0.230 e. The number of ketones is 1. The van der Waals surface area contributed by atoms with Crippen LogP contribution < -0.4 is 0 Å². The second-order valence-corrected chi connectivity index (χ2v) is 9.48. The average Bonchev–Trinajstić information content (AvgIpc) is 3.30. The molecule has 2 aromatic heterocycles. The lowest BCUT2D eigenvalue weighted by molar-refractivity contribution is -0.133. The lowest BCUT2D eigenvalue weighted by Gasteiger charge is -2.35. The Morgan fingerprint density at radius 2 is 1.67 bits per heavy atom. The van der Waals surface area contributed by atoms with Gasteiger partial charge in [-0.1, -0.05) is 54.6 Å². The number of rotatable bonds is 4. The number of likely N-dealkylation sites (tertiary alicyclic amines) is 1. The molecule has 36 heavy (non-hydrogen) atoms. The molecule has 1 aliphatic heterocycles. The van der Waals surface area contributed by atoms with Crippen molar-refractivity contribution in [1.82, 2.24) is 19.9 Å². The molecule has 6 nitrogen and oxygen atoms in total. The van der Waals surface area contributed by atoms with E-state index < -0.39 is 0 Å². The van der Waals surface area contributed by atoms with Crippen LogP contribution in [-0.2, 0) is 4.79 Å². The predicted molar refractivity (Wildman–Crippen MR) is 137 cm³/mol. The zero-order chi connectivity index (χ0) is 24.5. The molecule has 0 saturated carbocycles. The van der Waals surface area contributed by atoms with Crippen molar-refractivity contribution >= 4 is 11.7 Å². The minimum atomic E-state index is -0.390. The van der Waals surface area contributed by atoms with Gasteiger partial charge in [0.25, 0.3) is 0 Å². The molecule has 6 rings (SSSR count). The van der Waals surface area contributed by atoms with Crippen LogP contribution in [-0.4, -0.2) is 44.6 Å². The van der Waals surface area contributed by atoms with Gasteiger partial charge in [0.15, 0.2) is 11.6 Å². The van der Waals surface area contributed by atoms with E-state index >= 15 is 0 Å². The maximum Gasteiger partial charge on any atom is 0.230 e. The Labute approximate surface area is 210 Å². The van der Waals surface area contributed by atoms with E-state index in [-0.39, 0.29) is 29.9 Å². The van der Waals surface area contributed by atoms with Gasteiger partial charge in [-0.3, -0.25) is 14.6 Å². The fraction of sp³-hybridized carbons (Fsp3) is 0.233. The number of aromatic nitrogens is 3. The molecule has 0 radical (unpaired) electrons. The highest BCUT2D eigenvalue weighted by Gasteiger charge is 2.38. The molecule has 2 atom stereocenters. The quantitative estimate of drug-likeness (QED) is 0.402. The predicted octanol–water partition coefficient (Wildman–Crippen LogP) is 5.28.